The zero-order valence-corrected chi connectivity index (χ0v) is 12.5. The molecule has 3 heterocycles. The maximum Gasteiger partial charge on any atom is 0.147 e. The minimum absolute atomic E-state index is 0.816. The Morgan fingerprint density at radius 3 is 2.35 bits per heavy atom. The van der Waals surface area contributed by atoms with Crippen LogP contribution in [-0.2, 0) is 0 Å². The fourth-order valence-corrected chi connectivity index (χ4v) is 2.54. The molecule has 0 bridgehead atoms. The Labute approximate surface area is 132 Å². The third kappa shape index (κ3) is 2.50. The van der Waals surface area contributed by atoms with Gasteiger partial charge in [-0.1, -0.05) is 24.3 Å². The number of rotatable bonds is 3. The lowest BCUT2D eigenvalue weighted by molar-refractivity contribution is 0.989. The first-order chi connectivity index (χ1) is 11.3. The van der Waals surface area contributed by atoms with Crippen molar-refractivity contribution in [3.63, 3.8) is 0 Å². The maximum absolute atomic E-state index is 4.54. The van der Waals surface area contributed by atoms with Gasteiger partial charge in [0.25, 0.3) is 0 Å². The van der Waals surface area contributed by atoms with E-state index in [9.17, 15) is 0 Å². The van der Waals surface area contributed by atoms with E-state index in [2.05, 4.69) is 55.7 Å². The van der Waals surface area contributed by atoms with Crippen LogP contribution in [0.15, 0.2) is 61.6 Å². The summed E-state index contributed by atoms with van der Waals surface area (Å²) in [5, 5.41) is 14.6. The molecular formula is C17H14N6. The number of pyridine rings is 1. The molecule has 1 aromatic carbocycles. The van der Waals surface area contributed by atoms with E-state index in [1.165, 1.54) is 0 Å². The van der Waals surface area contributed by atoms with Crippen molar-refractivity contribution in [1.82, 2.24) is 29.9 Å². The largest absolute Gasteiger partial charge is 0.285 e. The van der Waals surface area contributed by atoms with E-state index in [0.29, 0.717) is 0 Å². The summed E-state index contributed by atoms with van der Waals surface area (Å²) < 4.78 is 1.82. The number of nitrogens with zero attached hydrogens (tertiary/aromatic N) is 5. The fraction of sp³-hybridized carbons (Fsp3) is 0.0588. The highest BCUT2D eigenvalue weighted by Crippen LogP contribution is 2.28. The van der Waals surface area contributed by atoms with Crippen LogP contribution in [0.3, 0.4) is 0 Å². The Morgan fingerprint density at radius 2 is 1.65 bits per heavy atom. The Morgan fingerprint density at radius 1 is 0.913 bits per heavy atom. The summed E-state index contributed by atoms with van der Waals surface area (Å²) in [6.45, 7) is 2.03. The standard InChI is InChI=1S/C17H14N6/c1-12-6-16(17(18-7-12)23-10-21-22-11-23)14-4-2-13(3-5-14)15-8-19-20-9-15/h2-11H,1H3,(H,19,20). The summed E-state index contributed by atoms with van der Waals surface area (Å²) in [7, 11) is 0. The van der Waals surface area contributed by atoms with Crippen LogP contribution >= 0.6 is 0 Å². The molecule has 23 heavy (non-hydrogen) atoms. The van der Waals surface area contributed by atoms with Gasteiger partial charge in [-0.05, 0) is 29.7 Å². The second-order valence-electron chi connectivity index (χ2n) is 5.32. The minimum atomic E-state index is 0.816. The van der Waals surface area contributed by atoms with E-state index in [0.717, 1.165) is 33.6 Å². The van der Waals surface area contributed by atoms with E-state index in [4.69, 9.17) is 0 Å². The molecule has 0 aliphatic rings. The Hall–Kier alpha value is -3.28. The summed E-state index contributed by atoms with van der Waals surface area (Å²) in [4.78, 5) is 4.54. The summed E-state index contributed by atoms with van der Waals surface area (Å²) in [6.07, 6.45) is 8.85. The van der Waals surface area contributed by atoms with Gasteiger partial charge < -0.3 is 0 Å². The second kappa shape index (κ2) is 5.49. The average Bonchev–Trinajstić information content (AvgIpc) is 3.29. The second-order valence-corrected chi connectivity index (χ2v) is 5.32. The van der Waals surface area contributed by atoms with Gasteiger partial charge in [-0.25, -0.2) is 4.98 Å². The lowest BCUT2D eigenvalue weighted by Gasteiger charge is -2.10. The van der Waals surface area contributed by atoms with Crippen LogP contribution in [0.1, 0.15) is 5.56 Å². The molecule has 0 saturated heterocycles. The van der Waals surface area contributed by atoms with Gasteiger partial charge in [-0.15, -0.1) is 10.2 Å². The number of nitrogens with one attached hydrogen (secondary N) is 1. The molecule has 6 heteroatoms. The molecule has 0 radical (unpaired) electrons. The molecule has 4 aromatic rings. The molecule has 0 aliphatic heterocycles. The summed E-state index contributed by atoms with van der Waals surface area (Å²) in [5.41, 5.74) is 5.43. The van der Waals surface area contributed by atoms with Crippen molar-refractivity contribution < 1.29 is 0 Å². The Balaban J connectivity index is 1.80. The fourth-order valence-electron chi connectivity index (χ4n) is 2.54. The van der Waals surface area contributed by atoms with Gasteiger partial charge in [-0.2, -0.15) is 5.10 Å². The van der Waals surface area contributed by atoms with Crippen LogP contribution in [0.5, 0.6) is 0 Å². The highest BCUT2D eigenvalue weighted by molar-refractivity contribution is 5.74. The molecule has 6 nitrogen and oxygen atoms in total. The first kappa shape index (κ1) is 13.4. The van der Waals surface area contributed by atoms with Crippen molar-refractivity contribution in [2.75, 3.05) is 0 Å². The molecule has 1 N–H and O–H groups in total. The molecule has 112 valence electrons. The maximum atomic E-state index is 4.54. The van der Waals surface area contributed by atoms with Gasteiger partial charge in [-0.3, -0.25) is 9.67 Å². The highest BCUT2D eigenvalue weighted by Gasteiger charge is 2.10. The van der Waals surface area contributed by atoms with Crippen LogP contribution < -0.4 is 0 Å². The van der Waals surface area contributed by atoms with Gasteiger partial charge in [0.05, 0.1) is 6.20 Å². The smallest absolute Gasteiger partial charge is 0.147 e. The molecule has 3 aromatic heterocycles. The number of aromatic nitrogens is 6. The number of H-pyrrole nitrogens is 1. The topological polar surface area (TPSA) is 72.3 Å². The first-order valence-electron chi connectivity index (χ1n) is 7.22. The average molecular weight is 302 g/mol. The van der Waals surface area contributed by atoms with Gasteiger partial charge in [0.1, 0.15) is 18.5 Å². The van der Waals surface area contributed by atoms with Crippen molar-refractivity contribution in [3.05, 3.63) is 67.1 Å². The zero-order valence-electron chi connectivity index (χ0n) is 12.5. The number of aromatic amines is 1. The summed E-state index contributed by atoms with van der Waals surface area (Å²) in [5.74, 6) is 0.816. The molecular weight excluding hydrogens is 288 g/mol. The number of hydrogen-bond acceptors (Lipinski definition) is 4. The highest BCUT2D eigenvalue weighted by atomic mass is 15.2. The molecule has 0 spiro atoms. The molecule has 0 fully saturated rings. The lowest BCUT2D eigenvalue weighted by atomic mass is 10.0. The van der Waals surface area contributed by atoms with Crippen molar-refractivity contribution in [2.24, 2.45) is 0 Å². The monoisotopic (exact) mass is 302 g/mol. The van der Waals surface area contributed by atoms with Gasteiger partial charge in [0, 0.05) is 23.5 Å². The van der Waals surface area contributed by atoms with Crippen LogP contribution in [0, 0.1) is 6.92 Å². The van der Waals surface area contributed by atoms with E-state index >= 15 is 0 Å². The molecule has 0 atom stereocenters. The van der Waals surface area contributed by atoms with Crippen LogP contribution in [0.4, 0.5) is 0 Å². The third-order valence-electron chi connectivity index (χ3n) is 3.69. The summed E-state index contributed by atoms with van der Waals surface area (Å²) >= 11 is 0. The predicted octanol–water partition coefficient (Wildman–Crippen LogP) is 3.03. The molecule has 0 amide bonds. The van der Waals surface area contributed by atoms with Gasteiger partial charge in [0.2, 0.25) is 0 Å². The SMILES string of the molecule is Cc1cnc(-n2cnnc2)c(-c2ccc(-c3cn[nH]c3)cc2)c1. The predicted molar refractivity (Wildman–Crippen MR) is 86.9 cm³/mol. The number of hydrogen-bond donors (Lipinski definition) is 1. The van der Waals surface area contributed by atoms with E-state index < -0.39 is 0 Å². The zero-order chi connectivity index (χ0) is 15.6. The third-order valence-corrected chi connectivity index (χ3v) is 3.69. The van der Waals surface area contributed by atoms with E-state index in [-0.39, 0.29) is 0 Å². The number of aryl methyl sites for hydroxylation is 1. The molecule has 0 aliphatic carbocycles. The van der Waals surface area contributed by atoms with Crippen molar-refractivity contribution in [3.8, 4) is 28.1 Å². The molecule has 4 rings (SSSR count). The van der Waals surface area contributed by atoms with Crippen LogP contribution in [0.2, 0.25) is 0 Å². The van der Waals surface area contributed by atoms with Gasteiger partial charge in [0.15, 0.2) is 0 Å². The van der Waals surface area contributed by atoms with Gasteiger partial charge >= 0.3 is 0 Å². The van der Waals surface area contributed by atoms with Crippen molar-refractivity contribution >= 4 is 0 Å². The van der Waals surface area contributed by atoms with Crippen LogP contribution in [0.25, 0.3) is 28.1 Å². The van der Waals surface area contributed by atoms with Crippen molar-refractivity contribution in [1.29, 1.82) is 0 Å². The first-order valence-corrected chi connectivity index (χ1v) is 7.22. The quantitative estimate of drug-likeness (QED) is 0.631. The Kier molecular flexibility index (Phi) is 3.20. The van der Waals surface area contributed by atoms with E-state index in [1.807, 2.05) is 30.1 Å². The number of benzene rings is 1. The van der Waals surface area contributed by atoms with Crippen LogP contribution in [-0.4, -0.2) is 29.9 Å². The van der Waals surface area contributed by atoms with E-state index in [1.54, 1.807) is 12.7 Å². The lowest BCUT2D eigenvalue weighted by Crippen LogP contribution is -1.98. The summed E-state index contributed by atoms with van der Waals surface area (Å²) in [6, 6.07) is 10.5. The normalized spacial score (nSPS) is 10.8. The molecule has 0 saturated carbocycles. The minimum Gasteiger partial charge on any atom is -0.285 e. The van der Waals surface area contributed by atoms with Crippen molar-refractivity contribution in [2.45, 2.75) is 6.92 Å². The molecule has 0 unspecified atom stereocenters. The Bertz CT molecular complexity index is 908.